The lowest BCUT2D eigenvalue weighted by Gasteiger charge is -2.42. The van der Waals surface area contributed by atoms with Gasteiger partial charge in [-0.3, -0.25) is 14.4 Å². The molecule has 0 saturated heterocycles. The Morgan fingerprint density at radius 1 is 0.885 bits per heavy atom. The smallest absolute Gasteiger partial charge is 0.408 e. The number of ether oxygens (including phenoxy) is 2. The molecule has 0 radical (unpaired) electrons. The molecule has 0 saturated carbocycles. The Bertz CT molecular complexity index is 1680. The normalized spacial score (nSPS) is 13.8. The number of aromatic nitrogens is 1. The number of carbonyl (C=O) groups excluding carboxylic acids is 4. The second kappa shape index (κ2) is 17.8. The van der Waals surface area contributed by atoms with Gasteiger partial charge in [-0.05, 0) is 89.6 Å². The first-order chi connectivity index (χ1) is 24.2. The van der Waals surface area contributed by atoms with Gasteiger partial charge in [-0.15, -0.1) is 0 Å². The number of hydrogen-bond donors (Lipinski definition) is 3. The van der Waals surface area contributed by atoms with Crippen LogP contribution in [0.2, 0.25) is 16.6 Å². The second-order valence-electron chi connectivity index (χ2n) is 15.3. The maximum absolute atomic E-state index is 14.4. The summed E-state index contributed by atoms with van der Waals surface area (Å²) in [5.74, 6) is -0.751. The molecule has 0 unspecified atom stereocenters. The summed E-state index contributed by atoms with van der Waals surface area (Å²) in [4.78, 5) is 58.1. The number of nitrogens with zero attached hydrogens (tertiary/aromatic N) is 1. The maximum atomic E-state index is 14.4. The monoisotopic (exact) mass is 800 g/mol. The van der Waals surface area contributed by atoms with E-state index in [4.69, 9.17) is 13.9 Å². The topological polar surface area (TPSA) is 139 Å². The van der Waals surface area contributed by atoms with Gasteiger partial charge in [-0.1, -0.05) is 71.9 Å². The summed E-state index contributed by atoms with van der Waals surface area (Å²) < 4.78 is 17.9. The SMILES string of the molecule is COC(=O)C[C@@H](NC(=O)[C@@H](Cc1c(Br)[nH]c2ccccc12)N(C)C(=O)[C@H](C)NC(=O)OC(C)(C)C)c1ccc(O[Si](C(C)C)(C(C)C)C(C)C)cc1. The number of nitrogens with one attached hydrogen (secondary N) is 3. The van der Waals surface area contributed by atoms with Crippen LogP contribution in [0.5, 0.6) is 5.75 Å². The van der Waals surface area contributed by atoms with Crippen molar-refractivity contribution in [3.63, 3.8) is 0 Å². The molecule has 1 heterocycles. The molecule has 0 aliphatic heterocycles. The predicted molar refractivity (Wildman–Crippen MR) is 211 cm³/mol. The summed E-state index contributed by atoms with van der Waals surface area (Å²) in [7, 11) is 0.608. The van der Waals surface area contributed by atoms with Gasteiger partial charge >= 0.3 is 12.1 Å². The highest BCUT2D eigenvalue weighted by Gasteiger charge is 2.47. The molecule has 0 bridgehead atoms. The van der Waals surface area contributed by atoms with Crippen molar-refractivity contribution in [3.05, 3.63) is 64.3 Å². The molecule has 11 nitrogen and oxygen atoms in total. The van der Waals surface area contributed by atoms with Crippen molar-refractivity contribution in [2.75, 3.05) is 14.2 Å². The standard InChI is InChI=1S/C39H57BrN4O7Si/c1-23(2)52(24(3)4,25(5)6)51-28-19-17-27(18-20-28)32(22-34(45)49-12)43-36(46)33(21-30-29-15-13-14-16-31(29)42-35(30)40)44(11)37(47)26(7)41-38(48)50-39(8,9)10/h13-20,23-26,32-33,42H,21-22H2,1-12H3,(H,41,48)(H,43,46)/t26-,32+,33+/m0/s1. The van der Waals surface area contributed by atoms with Crippen LogP contribution < -0.4 is 15.1 Å². The van der Waals surface area contributed by atoms with Gasteiger partial charge in [0.2, 0.25) is 11.8 Å². The zero-order chi connectivity index (χ0) is 39.1. The molecule has 286 valence electrons. The summed E-state index contributed by atoms with van der Waals surface area (Å²) in [6.45, 7) is 20.1. The molecule has 3 aromatic rings. The predicted octanol–water partition coefficient (Wildman–Crippen LogP) is 8.19. The van der Waals surface area contributed by atoms with Crippen LogP contribution in [0, 0.1) is 0 Å². The first-order valence-corrected chi connectivity index (χ1v) is 20.8. The van der Waals surface area contributed by atoms with Gasteiger partial charge in [0.05, 0.1) is 24.2 Å². The molecule has 52 heavy (non-hydrogen) atoms. The van der Waals surface area contributed by atoms with Gasteiger partial charge in [0.1, 0.15) is 23.4 Å². The number of benzene rings is 2. The average Bonchev–Trinajstić information content (AvgIpc) is 3.37. The van der Waals surface area contributed by atoms with Crippen LogP contribution >= 0.6 is 15.9 Å². The highest BCUT2D eigenvalue weighted by Crippen LogP contribution is 2.43. The minimum absolute atomic E-state index is 0.127. The zero-order valence-electron chi connectivity index (χ0n) is 32.7. The molecular formula is C39H57BrN4O7Si. The number of amides is 3. The molecule has 3 rings (SSSR count). The number of halogens is 1. The lowest BCUT2D eigenvalue weighted by atomic mass is 10.00. The number of carbonyl (C=O) groups is 4. The van der Waals surface area contributed by atoms with Crippen molar-refractivity contribution in [1.29, 1.82) is 0 Å². The van der Waals surface area contributed by atoms with Crippen LogP contribution in [0.4, 0.5) is 4.79 Å². The third-order valence-corrected chi connectivity index (χ3v) is 16.3. The molecule has 3 N–H and O–H groups in total. The number of esters is 1. The zero-order valence-corrected chi connectivity index (χ0v) is 35.3. The first-order valence-electron chi connectivity index (χ1n) is 17.9. The lowest BCUT2D eigenvalue weighted by molar-refractivity contribution is -0.143. The van der Waals surface area contributed by atoms with E-state index in [2.05, 4.69) is 73.1 Å². The van der Waals surface area contributed by atoms with Gasteiger partial charge in [0.25, 0.3) is 8.32 Å². The molecule has 0 aliphatic carbocycles. The quantitative estimate of drug-likeness (QED) is 0.104. The number of methoxy groups -OCH3 is 1. The number of fused-ring (bicyclic) bond motifs is 1. The van der Waals surface area contributed by atoms with Crippen LogP contribution in [-0.2, 0) is 30.3 Å². The Labute approximate surface area is 318 Å². The van der Waals surface area contributed by atoms with Crippen molar-refractivity contribution in [2.45, 2.75) is 122 Å². The minimum Gasteiger partial charge on any atom is -0.543 e. The van der Waals surface area contributed by atoms with E-state index in [-0.39, 0.29) is 12.8 Å². The van der Waals surface area contributed by atoms with E-state index < -0.39 is 55.9 Å². The van der Waals surface area contributed by atoms with E-state index in [9.17, 15) is 19.2 Å². The van der Waals surface area contributed by atoms with Crippen LogP contribution in [0.25, 0.3) is 10.9 Å². The Morgan fingerprint density at radius 2 is 1.46 bits per heavy atom. The van der Waals surface area contributed by atoms with Gasteiger partial charge in [0, 0.05) is 24.4 Å². The molecule has 3 amide bonds. The molecule has 2 aromatic carbocycles. The number of aromatic amines is 1. The van der Waals surface area contributed by atoms with E-state index >= 15 is 0 Å². The second-order valence-corrected chi connectivity index (χ2v) is 21.5. The number of hydrogen-bond acceptors (Lipinski definition) is 7. The Hall–Kier alpha value is -3.84. The Morgan fingerprint density at radius 3 is 2.00 bits per heavy atom. The van der Waals surface area contributed by atoms with E-state index in [0.29, 0.717) is 26.8 Å². The third kappa shape index (κ3) is 10.4. The Balaban J connectivity index is 1.99. The van der Waals surface area contributed by atoms with Crippen molar-refractivity contribution in [3.8, 4) is 5.75 Å². The number of H-pyrrole nitrogens is 1. The Kier molecular flexibility index (Phi) is 14.6. The van der Waals surface area contributed by atoms with Gasteiger partial charge < -0.3 is 34.4 Å². The van der Waals surface area contributed by atoms with Gasteiger partial charge in [-0.2, -0.15) is 0 Å². The molecule has 3 atom stereocenters. The van der Waals surface area contributed by atoms with E-state index in [1.54, 1.807) is 27.7 Å². The molecule has 0 fully saturated rings. The van der Waals surface area contributed by atoms with Crippen LogP contribution in [0.15, 0.2) is 53.1 Å². The van der Waals surface area contributed by atoms with Crippen molar-refractivity contribution in [2.24, 2.45) is 0 Å². The fourth-order valence-corrected chi connectivity index (χ4v) is 12.9. The molecule has 0 spiro atoms. The largest absolute Gasteiger partial charge is 0.543 e. The number of likely N-dealkylation sites (N-methyl/N-ethyl adjacent to an activating group) is 1. The lowest BCUT2D eigenvalue weighted by Crippen LogP contribution is -2.55. The van der Waals surface area contributed by atoms with Crippen LogP contribution in [-0.4, -0.2) is 73.9 Å². The van der Waals surface area contributed by atoms with E-state index in [1.165, 1.54) is 19.1 Å². The van der Waals surface area contributed by atoms with Crippen LogP contribution in [0.1, 0.15) is 92.8 Å². The van der Waals surface area contributed by atoms with Crippen molar-refractivity contribution < 1.29 is 33.1 Å². The maximum Gasteiger partial charge on any atom is 0.408 e. The van der Waals surface area contributed by atoms with Gasteiger partial charge in [0.15, 0.2) is 0 Å². The summed E-state index contributed by atoms with van der Waals surface area (Å²) in [6.07, 6.45) is -0.757. The van der Waals surface area contributed by atoms with Crippen LogP contribution in [0.3, 0.4) is 0 Å². The fraction of sp³-hybridized carbons (Fsp3) is 0.538. The number of alkyl carbamates (subject to hydrolysis) is 1. The highest BCUT2D eigenvalue weighted by atomic mass is 79.9. The molecule has 1 aromatic heterocycles. The van der Waals surface area contributed by atoms with Crippen molar-refractivity contribution in [1.82, 2.24) is 20.5 Å². The summed E-state index contributed by atoms with van der Waals surface area (Å²) in [5.41, 5.74) is 2.73. The summed E-state index contributed by atoms with van der Waals surface area (Å²) in [6, 6.07) is 12.4. The van der Waals surface area contributed by atoms with Gasteiger partial charge in [-0.25, -0.2) is 4.79 Å². The molecular weight excluding hydrogens is 744 g/mol. The van der Waals surface area contributed by atoms with E-state index in [1.807, 2.05) is 48.5 Å². The first kappa shape index (κ1) is 42.6. The number of para-hydroxylation sites is 1. The molecule has 13 heteroatoms. The number of rotatable bonds is 15. The third-order valence-electron chi connectivity index (χ3n) is 9.58. The summed E-state index contributed by atoms with van der Waals surface area (Å²) >= 11 is 3.61. The average molecular weight is 802 g/mol. The van der Waals surface area contributed by atoms with Crippen molar-refractivity contribution >= 4 is 59.0 Å². The minimum atomic E-state index is -2.22. The van der Waals surface area contributed by atoms with E-state index in [0.717, 1.165) is 22.2 Å². The fourth-order valence-electron chi connectivity index (χ4n) is 7.07. The summed E-state index contributed by atoms with van der Waals surface area (Å²) in [5, 5.41) is 6.51. The molecule has 0 aliphatic rings. The highest BCUT2D eigenvalue weighted by molar-refractivity contribution is 9.10.